The maximum atomic E-state index is 14.6. The number of hydrogen-bond donors (Lipinski definition) is 1. The van der Waals surface area contributed by atoms with E-state index >= 15 is 0 Å². The van der Waals surface area contributed by atoms with Gasteiger partial charge in [-0.05, 0) is 46.1 Å². The van der Waals surface area contributed by atoms with Crippen molar-refractivity contribution in [2.24, 2.45) is 5.73 Å². The molecule has 2 N–H and O–H groups in total. The number of carbonyl (C=O) groups is 1. The van der Waals surface area contributed by atoms with E-state index in [9.17, 15) is 22.4 Å². The highest BCUT2D eigenvalue weighted by Crippen LogP contribution is 2.38. The van der Waals surface area contributed by atoms with Gasteiger partial charge in [0.2, 0.25) is 0 Å². The summed E-state index contributed by atoms with van der Waals surface area (Å²) in [5, 5.41) is 0. The first kappa shape index (κ1) is 22.6. The van der Waals surface area contributed by atoms with Gasteiger partial charge < -0.3 is 19.8 Å². The third-order valence-corrected chi connectivity index (χ3v) is 5.05. The molecule has 1 aliphatic heterocycles. The molecular weight excluding hydrogens is 381 g/mol. The van der Waals surface area contributed by atoms with Crippen LogP contribution in [0.3, 0.4) is 0 Å². The zero-order valence-corrected chi connectivity index (χ0v) is 16.4. The molecule has 1 aliphatic rings. The summed E-state index contributed by atoms with van der Waals surface area (Å²) < 4.78 is 71.0. The SMILES string of the molecule is CCOC(=O)CC(N)c1cc(B2OC(C)(C)C(C)(C)O2)cc(C(F)(F)F)c1F. The third kappa shape index (κ3) is 4.50. The van der Waals surface area contributed by atoms with E-state index in [0.717, 1.165) is 6.07 Å². The van der Waals surface area contributed by atoms with Gasteiger partial charge >= 0.3 is 19.3 Å². The number of ether oxygens (including phenoxy) is 1. The maximum absolute atomic E-state index is 14.6. The molecule has 0 aliphatic carbocycles. The molecule has 0 aromatic heterocycles. The van der Waals surface area contributed by atoms with Crippen LogP contribution in [0.15, 0.2) is 12.1 Å². The van der Waals surface area contributed by atoms with Crippen molar-refractivity contribution in [3.8, 4) is 0 Å². The Morgan fingerprint density at radius 2 is 1.75 bits per heavy atom. The number of hydrogen-bond acceptors (Lipinski definition) is 5. The summed E-state index contributed by atoms with van der Waals surface area (Å²) in [5.74, 6) is -2.26. The lowest BCUT2D eigenvalue weighted by atomic mass is 9.76. The van der Waals surface area contributed by atoms with Gasteiger partial charge in [0.1, 0.15) is 5.82 Å². The van der Waals surface area contributed by atoms with Crippen molar-refractivity contribution in [1.29, 1.82) is 0 Å². The summed E-state index contributed by atoms with van der Waals surface area (Å²) in [6.45, 7) is 8.63. The maximum Gasteiger partial charge on any atom is 0.494 e. The molecule has 0 spiro atoms. The van der Waals surface area contributed by atoms with Gasteiger partial charge in [0.05, 0.1) is 29.8 Å². The van der Waals surface area contributed by atoms with Crippen LogP contribution in [0.2, 0.25) is 0 Å². The molecule has 10 heteroatoms. The number of esters is 1. The van der Waals surface area contributed by atoms with Gasteiger partial charge in [-0.25, -0.2) is 4.39 Å². The van der Waals surface area contributed by atoms with E-state index in [1.54, 1.807) is 34.6 Å². The molecule has 0 bridgehead atoms. The predicted molar refractivity (Wildman–Crippen MR) is 95.3 cm³/mol. The summed E-state index contributed by atoms with van der Waals surface area (Å²) in [4.78, 5) is 11.6. The van der Waals surface area contributed by atoms with Gasteiger partial charge in [0.25, 0.3) is 0 Å². The minimum Gasteiger partial charge on any atom is -0.466 e. The number of alkyl halides is 3. The van der Waals surface area contributed by atoms with Crippen LogP contribution in [0.25, 0.3) is 0 Å². The molecule has 1 heterocycles. The molecule has 1 fully saturated rings. The summed E-state index contributed by atoms with van der Waals surface area (Å²) >= 11 is 0. The van der Waals surface area contributed by atoms with Crippen LogP contribution in [-0.2, 0) is 25.0 Å². The molecule has 1 aromatic carbocycles. The van der Waals surface area contributed by atoms with Crippen LogP contribution in [0.1, 0.15) is 58.2 Å². The standard InChI is InChI=1S/C18H24BF4NO4/c1-6-26-14(25)9-13(24)11-7-10(8-12(15(11)20)18(21,22)23)19-27-16(2,3)17(4,5)28-19/h7-8,13H,6,9,24H2,1-5H3. The number of benzene rings is 1. The molecule has 0 saturated carbocycles. The molecular formula is C18H24BF4NO4. The fraction of sp³-hybridized carbons (Fsp3) is 0.611. The van der Waals surface area contributed by atoms with Crippen molar-refractivity contribution in [2.75, 3.05) is 6.61 Å². The fourth-order valence-electron chi connectivity index (χ4n) is 2.77. The van der Waals surface area contributed by atoms with Crippen LogP contribution >= 0.6 is 0 Å². The molecule has 5 nitrogen and oxygen atoms in total. The fourth-order valence-corrected chi connectivity index (χ4v) is 2.77. The van der Waals surface area contributed by atoms with Crippen molar-refractivity contribution >= 4 is 18.6 Å². The summed E-state index contributed by atoms with van der Waals surface area (Å²) in [7, 11) is -1.14. The van der Waals surface area contributed by atoms with Crippen LogP contribution < -0.4 is 11.2 Å². The zero-order valence-electron chi connectivity index (χ0n) is 16.4. The minimum absolute atomic E-state index is 0.0262. The zero-order chi connectivity index (χ0) is 21.5. The lowest BCUT2D eigenvalue weighted by Crippen LogP contribution is -2.41. The average molecular weight is 405 g/mol. The first-order valence-corrected chi connectivity index (χ1v) is 8.87. The van der Waals surface area contributed by atoms with Gasteiger partial charge in [-0.1, -0.05) is 6.07 Å². The van der Waals surface area contributed by atoms with Gasteiger partial charge in [-0.15, -0.1) is 0 Å². The highest BCUT2D eigenvalue weighted by molar-refractivity contribution is 6.62. The Bertz CT molecular complexity index is 736. The first-order valence-electron chi connectivity index (χ1n) is 8.87. The smallest absolute Gasteiger partial charge is 0.466 e. The van der Waals surface area contributed by atoms with Crippen molar-refractivity contribution in [1.82, 2.24) is 0 Å². The van der Waals surface area contributed by atoms with E-state index in [1.807, 2.05) is 0 Å². The molecule has 28 heavy (non-hydrogen) atoms. The second kappa shape index (κ2) is 7.64. The monoisotopic (exact) mass is 405 g/mol. The van der Waals surface area contributed by atoms with Crippen LogP contribution in [0.4, 0.5) is 17.6 Å². The number of halogens is 4. The first-order chi connectivity index (χ1) is 12.7. The van der Waals surface area contributed by atoms with Crippen molar-refractivity contribution in [2.45, 2.75) is 64.5 Å². The highest BCUT2D eigenvalue weighted by Gasteiger charge is 2.52. The highest BCUT2D eigenvalue weighted by atomic mass is 19.4. The molecule has 1 unspecified atom stereocenters. The Hall–Kier alpha value is -1.65. The third-order valence-electron chi connectivity index (χ3n) is 5.05. The number of carbonyl (C=O) groups excluding carboxylic acids is 1. The predicted octanol–water partition coefficient (Wildman–Crippen LogP) is 3.10. The van der Waals surface area contributed by atoms with Crippen molar-refractivity contribution in [3.63, 3.8) is 0 Å². The van der Waals surface area contributed by atoms with E-state index in [2.05, 4.69) is 0 Å². The lowest BCUT2D eigenvalue weighted by Gasteiger charge is -2.32. The molecule has 1 atom stereocenters. The van der Waals surface area contributed by atoms with Crippen molar-refractivity contribution in [3.05, 3.63) is 29.1 Å². The Morgan fingerprint density at radius 1 is 1.21 bits per heavy atom. The molecule has 156 valence electrons. The second-order valence-corrected chi connectivity index (χ2v) is 7.67. The van der Waals surface area contributed by atoms with Crippen molar-refractivity contribution < 1.29 is 36.4 Å². The summed E-state index contributed by atoms with van der Waals surface area (Å²) in [5.41, 5.74) is 2.27. The quantitative estimate of drug-likeness (QED) is 0.463. The van der Waals surface area contributed by atoms with E-state index in [0.29, 0.717) is 6.07 Å². The van der Waals surface area contributed by atoms with E-state index in [4.69, 9.17) is 19.8 Å². The summed E-state index contributed by atoms with van der Waals surface area (Å²) in [6, 6.07) is 0.483. The molecule has 2 rings (SSSR count). The van der Waals surface area contributed by atoms with E-state index in [-0.39, 0.29) is 12.1 Å². The Morgan fingerprint density at radius 3 is 2.21 bits per heavy atom. The van der Waals surface area contributed by atoms with E-state index in [1.165, 1.54) is 0 Å². The Labute approximate surface area is 161 Å². The lowest BCUT2D eigenvalue weighted by molar-refractivity contribution is -0.143. The largest absolute Gasteiger partial charge is 0.494 e. The van der Waals surface area contributed by atoms with Gasteiger partial charge in [0, 0.05) is 11.6 Å². The number of rotatable bonds is 5. The van der Waals surface area contributed by atoms with Gasteiger partial charge in [0.15, 0.2) is 0 Å². The molecule has 1 aromatic rings. The topological polar surface area (TPSA) is 70.8 Å². The van der Waals surface area contributed by atoms with Crippen LogP contribution in [0, 0.1) is 5.82 Å². The van der Waals surface area contributed by atoms with Crippen LogP contribution in [-0.4, -0.2) is 30.9 Å². The average Bonchev–Trinajstić information content (AvgIpc) is 2.74. The molecule has 1 saturated heterocycles. The second-order valence-electron chi connectivity index (χ2n) is 7.67. The normalized spacial score (nSPS) is 19.6. The van der Waals surface area contributed by atoms with Gasteiger partial charge in [-0.3, -0.25) is 4.79 Å². The Balaban J connectivity index is 2.49. The molecule has 0 amide bonds. The van der Waals surface area contributed by atoms with E-state index < -0.39 is 59.9 Å². The van der Waals surface area contributed by atoms with Gasteiger partial charge in [-0.2, -0.15) is 13.2 Å². The van der Waals surface area contributed by atoms with Crippen LogP contribution in [0.5, 0.6) is 0 Å². The number of nitrogens with two attached hydrogens (primary N) is 1. The molecule has 0 radical (unpaired) electrons. The Kier molecular flexibility index (Phi) is 6.18. The minimum atomic E-state index is -4.96. The summed E-state index contributed by atoms with van der Waals surface area (Å²) in [6.07, 6.45) is -5.42.